The Hall–Kier alpha value is -5.21. The van der Waals surface area contributed by atoms with Gasteiger partial charge in [0.15, 0.2) is 0 Å². The molecule has 5 aromatic carbocycles. The molecule has 0 fully saturated rings. The van der Waals surface area contributed by atoms with Crippen molar-refractivity contribution >= 4 is 27.9 Å². The lowest BCUT2D eigenvalue weighted by Gasteiger charge is -2.13. The minimum absolute atomic E-state index is 0.942. The van der Waals surface area contributed by atoms with E-state index >= 15 is 0 Å². The van der Waals surface area contributed by atoms with E-state index in [9.17, 15) is 0 Å². The Balaban J connectivity index is 1.43. The van der Waals surface area contributed by atoms with Crippen LogP contribution in [0.3, 0.4) is 0 Å². The second-order valence-corrected chi connectivity index (χ2v) is 9.74. The highest BCUT2D eigenvalue weighted by molar-refractivity contribution is 6.09. The largest absolute Gasteiger partial charge is 0.309 e. The summed E-state index contributed by atoms with van der Waals surface area (Å²) < 4.78 is 2.36. The molecule has 0 unspecified atom stereocenters. The molecule has 184 valence electrons. The Bertz CT molecular complexity index is 1930. The highest BCUT2D eigenvalue weighted by Gasteiger charge is 2.13. The Morgan fingerprint density at radius 1 is 0.487 bits per heavy atom. The molecule has 39 heavy (non-hydrogen) atoms. The lowest BCUT2D eigenvalue weighted by Crippen LogP contribution is -1.95. The maximum absolute atomic E-state index is 5.09. The van der Waals surface area contributed by atoms with E-state index in [1.807, 2.05) is 12.1 Å². The van der Waals surface area contributed by atoms with Crippen molar-refractivity contribution in [2.24, 2.45) is 0 Å². The Kier molecular flexibility index (Phi) is 5.64. The van der Waals surface area contributed by atoms with Crippen LogP contribution in [0.4, 0.5) is 0 Å². The minimum atomic E-state index is 0.942. The molecule has 0 N–H and O–H groups in total. The highest BCUT2D eigenvalue weighted by atomic mass is 15.0. The van der Waals surface area contributed by atoms with Crippen LogP contribution in [0.25, 0.3) is 67.2 Å². The molecule has 2 nitrogen and oxygen atoms in total. The fraction of sp³-hybridized carbons (Fsp3) is 0. The molecule has 0 aliphatic carbocycles. The third-order valence-electron chi connectivity index (χ3n) is 7.33. The SMILES string of the molecule is C=Cc1cccc(-c2cc(-c3cccc(-n4c5ccccc5c5ccccc54)c3)cc(-c3ccccc3)n2)c1. The standard InChI is InChI=1S/C37H26N2/c1-2-26-12-10-16-29(22-26)35-25-30(24-34(38-35)27-13-4-3-5-14-27)28-15-11-17-31(23-28)39-36-20-8-6-18-32(36)33-19-7-9-21-37(33)39/h2-25H,1H2. The third-order valence-corrected chi connectivity index (χ3v) is 7.33. The summed E-state index contributed by atoms with van der Waals surface area (Å²) in [6, 6.07) is 49.2. The maximum atomic E-state index is 5.09. The van der Waals surface area contributed by atoms with Gasteiger partial charge in [-0.05, 0) is 59.2 Å². The average molecular weight is 499 g/mol. The summed E-state index contributed by atoms with van der Waals surface area (Å²) in [5.41, 5.74) is 11.0. The van der Waals surface area contributed by atoms with Gasteiger partial charge in [-0.15, -0.1) is 0 Å². The fourth-order valence-electron chi connectivity index (χ4n) is 5.45. The van der Waals surface area contributed by atoms with E-state index in [2.05, 4.69) is 145 Å². The van der Waals surface area contributed by atoms with Crippen molar-refractivity contribution in [3.05, 3.63) is 152 Å². The predicted octanol–water partition coefficient (Wildman–Crippen LogP) is 9.82. The number of nitrogens with zero attached hydrogens (tertiary/aromatic N) is 2. The number of hydrogen-bond donors (Lipinski definition) is 0. The van der Waals surface area contributed by atoms with Gasteiger partial charge in [0.25, 0.3) is 0 Å². The van der Waals surface area contributed by atoms with E-state index in [-0.39, 0.29) is 0 Å². The van der Waals surface area contributed by atoms with E-state index in [4.69, 9.17) is 4.98 Å². The van der Waals surface area contributed by atoms with Gasteiger partial charge in [-0.2, -0.15) is 0 Å². The molecule has 7 aromatic rings. The monoisotopic (exact) mass is 498 g/mol. The van der Waals surface area contributed by atoms with Gasteiger partial charge in [-0.25, -0.2) is 4.98 Å². The second-order valence-electron chi connectivity index (χ2n) is 9.74. The van der Waals surface area contributed by atoms with Gasteiger partial charge in [-0.3, -0.25) is 0 Å². The molecular formula is C37H26N2. The highest BCUT2D eigenvalue weighted by Crippen LogP contribution is 2.35. The maximum Gasteiger partial charge on any atom is 0.0715 e. The van der Waals surface area contributed by atoms with Crippen molar-refractivity contribution in [1.29, 1.82) is 0 Å². The fourth-order valence-corrected chi connectivity index (χ4v) is 5.45. The molecule has 0 saturated carbocycles. The molecule has 0 aliphatic rings. The molecule has 0 atom stereocenters. The first-order valence-corrected chi connectivity index (χ1v) is 13.2. The average Bonchev–Trinajstić information content (AvgIpc) is 3.36. The van der Waals surface area contributed by atoms with Crippen molar-refractivity contribution in [3.63, 3.8) is 0 Å². The summed E-state index contributed by atoms with van der Waals surface area (Å²) in [4.78, 5) is 5.09. The van der Waals surface area contributed by atoms with Crippen LogP contribution in [0.1, 0.15) is 5.56 Å². The van der Waals surface area contributed by atoms with Crippen molar-refractivity contribution in [3.8, 4) is 39.3 Å². The Morgan fingerprint density at radius 2 is 1.08 bits per heavy atom. The van der Waals surface area contributed by atoms with Crippen LogP contribution in [-0.4, -0.2) is 9.55 Å². The molecule has 0 bridgehead atoms. The summed E-state index contributed by atoms with van der Waals surface area (Å²) in [7, 11) is 0. The van der Waals surface area contributed by atoms with Gasteiger partial charge in [-0.1, -0.05) is 110 Å². The summed E-state index contributed by atoms with van der Waals surface area (Å²) in [6.45, 7) is 3.95. The van der Waals surface area contributed by atoms with Crippen LogP contribution >= 0.6 is 0 Å². The molecule has 0 amide bonds. The molecular weight excluding hydrogens is 472 g/mol. The van der Waals surface area contributed by atoms with E-state index in [0.29, 0.717) is 0 Å². The molecule has 2 heterocycles. The second kappa shape index (κ2) is 9.59. The summed E-state index contributed by atoms with van der Waals surface area (Å²) in [5, 5.41) is 2.52. The zero-order chi connectivity index (χ0) is 26.2. The zero-order valence-corrected chi connectivity index (χ0v) is 21.5. The van der Waals surface area contributed by atoms with Crippen LogP contribution in [0.5, 0.6) is 0 Å². The molecule has 0 aliphatic heterocycles. The van der Waals surface area contributed by atoms with Crippen LogP contribution < -0.4 is 0 Å². The van der Waals surface area contributed by atoms with E-state index in [1.54, 1.807) is 0 Å². The van der Waals surface area contributed by atoms with Crippen molar-refractivity contribution < 1.29 is 0 Å². The lowest BCUT2D eigenvalue weighted by molar-refractivity contribution is 1.18. The number of rotatable bonds is 5. The Labute approximate surface area is 228 Å². The smallest absolute Gasteiger partial charge is 0.0715 e. The number of para-hydroxylation sites is 2. The quantitative estimate of drug-likeness (QED) is 0.231. The molecule has 0 saturated heterocycles. The third kappa shape index (κ3) is 4.13. The van der Waals surface area contributed by atoms with Gasteiger partial charge in [0.1, 0.15) is 0 Å². The van der Waals surface area contributed by atoms with Crippen LogP contribution in [0.15, 0.2) is 146 Å². The predicted molar refractivity (Wildman–Crippen MR) is 165 cm³/mol. The molecule has 0 radical (unpaired) electrons. The van der Waals surface area contributed by atoms with Gasteiger partial charge >= 0.3 is 0 Å². The van der Waals surface area contributed by atoms with Gasteiger partial charge in [0.05, 0.1) is 22.4 Å². The van der Waals surface area contributed by atoms with Crippen molar-refractivity contribution in [1.82, 2.24) is 9.55 Å². The first-order chi connectivity index (χ1) is 19.3. The number of pyridine rings is 1. The van der Waals surface area contributed by atoms with Gasteiger partial charge in [0, 0.05) is 27.6 Å². The summed E-state index contributed by atoms with van der Waals surface area (Å²) in [5.74, 6) is 0. The van der Waals surface area contributed by atoms with E-state index in [0.717, 1.165) is 44.9 Å². The minimum Gasteiger partial charge on any atom is -0.309 e. The van der Waals surface area contributed by atoms with E-state index in [1.165, 1.54) is 21.8 Å². The normalized spacial score (nSPS) is 11.2. The summed E-state index contributed by atoms with van der Waals surface area (Å²) in [6.07, 6.45) is 1.88. The van der Waals surface area contributed by atoms with Crippen LogP contribution in [0.2, 0.25) is 0 Å². The van der Waals surface area contributed by atoms with Crippen molar-refractivity contribution in [2.45, 2.75) is 0 Å². The number of aromatic nitrogens is 2. The van der Waals surface area contributed by atoms with Crippen molar-refractivity contribution in [2.75, 3.05) is 0 Å². The summed E-state index contributed by atoms with van der Waals surface area (Å²) >= 11 is 0. The van der Waals surface area contributed by atoms with Crippen LogP contribution in [-0.2, 0) is 0 Å². The van der Waals surface area contributed by atoms with Gasteiger partial charge in [0.2, 0.25) is 0 Å². The first kappa shape index (κ1) is 22.9. The number of benzene rings is 5. The van der Waals surface area contributed by atoms with Crippen LogP contribution in [0, 0.1) is 0 Å². The molecule has 2 heteroatoms. The van der Waals surface area contributed by atoms with E-state index < -0.39 is 0 Å². The first-order valence-electron chi connectivity index (χ1n) is 13.2. The zero-order valence-electron chi connectivity index (χ0n) is 21.5. The Morgan fingerprint density at radius 3 is 1.79 bits per heavy atom. The lowest BCUT2D eigenvalue weighted by atomic mass is 9.99. The molecule has 7 rings (SSSR count). The molecule has 2 aromatic heterocycles. The number of fused-ring (bicyclic) bond motifs is 3. The number of hydrogen-bond acceptors (Lipinski definition) is 1. The van der Waals surface area contributed by atoms with Gasteiger partial charge < -0.3 is 4.57 Å². The topological polar surface area (TPSA) is 17.8 Å². The molecule has 0 spiro atoms.